The Morgan fingerprint density at radius 2 is 2.00 bits per heavy atom. The molecule has 82 valence electrons. The molecule has 0 amide bonds. The van der Waals surface area contributed by atoms with Gasteiger partial charge in [0.15, 0.2) is 0 Å². The van der Waals surface area contributed by atoms with Crippen molar-refractivity contribution in [1.29, 1.82) is 0 Å². The average molecular weight is 286 g/mol. The lowest BCUT2D eigenvalue weighted by Crippen LogP contribution is -2.06. The molecule has 0 saturated heterocycles. The number of nitrogens with zero attached hydrogens (tertiary/aromatic N) is 1. The predicted octanol–water partition coefficient (Wildman–Crippen LogP) is 4.70. The van der Waals surface area contributed by atoms with Crippen molar-refractivity contribution in [2.45, 2.75) is 32.4 Å². The largest absolute Gasteiger partial charge is 0.220 e. The van der Waals surface area contributed by atoms with E-state index in [0.29, 0.717) is 0 Å². The molecule has 0 aliphatic carbocycles. The average Bonchev–Trinajstić information content (AvgIpc) is 2.13. The lowest BCUT2D eigenvalue weighted by molar-refractivity contribution is 0.804. The smallest absolute Gasteiger partial charge is 0.0528 e. The van der Waals surface area contributed by atoms with Crippen molar-refractivity contribution in [3.63, 3.8) is 0 Å². The lowest BCUT2D eigenvalue weighted by atomic mass is 10.1. The summed E-state index contributed by atoms with van der Waals surface area (Å²) in [6.45, 7) is 8.53. The first-order valence-corrected chi connectivity index (χ1v) is 6.44. The van der Waals surface area contributed by atoms with Crippen LogP contribution in [0.15, 0.2) is 33.1 Å². The Morgan fingerprint density at radius 1 is 1.33 bits per heavy atom. The molecule has 0 unspecified atom stereocenters. The van der Waals surface area contributed by atoms with E-state index in [0.717, 1.165) is 10.2 Å². The van der Waals surface area contributed by atoms with Gasteiger partial charge in [-0.25, -0.2) is 4.40 Å². The molecule has 0 aliphatic heterocycles. The monoisotopic (exact) mass is 285 g/mol. The first-order chi connectivity index (χ1) is 6.88. The fourth-order valence-electron chi connectivity index (χ4n) is 0.972. The maximum atomic E-state index is 4.52. The SMILES string of the molecule is C/C(=N\SC(C)(C)C)c1cccc(Br)c1. The zero-order valence-electron chi connectivity index (χ0n) is 9.54. The Balaban J connectivity index is 2.80. The van der Waals surface area contributed by atoms with E-state index in [1.54, 1.807) is 11.9 Å². The van der Waals surface area contributed by atoms with E-state index in [4.69, 9.17) is 0 Å². The third kappa shape index (κ3) is 4.85. The summed E-state index contributed by atoms with van der Waals surface area (Å²) in [6.07, 6.45) is 0. The van der Waals surface area contributed by atoms with Gasteiger partial charge in [-0.2, -0.15) is 0 Å². The highest BCUT2D eigenvalue weighted by molar-refractivity contribution is 9.10. The molecule has 1 nitrogen and oxygen atoms in total. The molecule has 0 N–H and O–H groups in total. The minimum absolute atomic E-state index is 0.174. The topological polar surface area (TPSA) is 12.4 Å². The van der Waals surface area contributed by atoms with Gasteiger partial charge in [0.05, 0.1) is 5.71 Å². The molecular formula is C12H16BrNS. The fraction of sp³-hybridized carbons (Fsp3) is 0.417. The molecule has 1 aromatic rings. The Hall–Kier alpha value is -0.280. The molecule has 0 spiro atoms. The number of hydrogen-bond acceptors (Lipinski definition) is 2. The van der Waals surface area contributed by atoms with Crippen LogP contribution in [0.3, 0.4) is 0 Å². The molecule has 0 bridgehead atoms. The predicted molar refractivity (Wildman–Crippen MR) is 73.7 cm³/mol. The summed E-state index contributed by atoms with van der Waals surface area (Å²) in [5.74, 6) is 0. The highest BCUT2D eigenvalue weighted by Gasteiger charge is 2.10. The molecule has 0 radical (unpaired) electrons. The molecule has 0 aromatic heterocycles. The van der Waals surface area contributed by atoms with Crippen LogP contribution in [-0.4, -0.2) is 10.5 Å². The molecule has 0 atom stereocenters. The van der Waals surface area contributed by atoms with Crippen LogP contribution in [0.5, 0.6) is 0 Å². The Bertz CT molecular complexity index is 366. The molecule has 15 heavy (non-hydrogen) atoms. The Labute approximate surface area is 105 Å². The maximum Gasteiger partial charge on any atom is 0.0528 e. The second kappa shape index (κ2) is 5.17. The first kappa shape index (κ1) is 12.8. The summed E-state index contributed by atoms with van der Waals surface area (Å²) in [5.41, 5.74) is 2.23. The molecule has 0 fully saturated rings. The summed E-state index contributed by atoms with van der Waals surface area (Å²) in [7, 11) is 0. The van der Waals surface area contributed by atoms with Crippen molar-refractivity contribution in [3.05, 3.63) is 34.3 Å². The molecule has 1 aromatic carbocycles. The minimum Gasteiger partial charge on any atom is -0.220 e. The molecule has 0 heterocycles. The van der Waals surface area contributed by atoms with Crippen LogP contribution in [0.2, 0.25) is 0 Å². The van der Waals surface area contributed by atoms with Gasteiger partial charge in [-0.15, -0.1) is 0 Å². The minimum atomic E-state index is 0.174. The normalized spacial score (nSPS) is 13.0. The van der Waals surface area contributed by atoms with E-state index in [-0.39, 0.29) is 4.75 Å². The van der Waals surface area contributed by atoms with E-state index < -0.39 is 0 Å². The summed E-state index contributed by atoms with van der Waals surface area (Å²) in [6, 6.07) is 8.21. The van der Waals surface area contributed by atoms with Crippen molar-refractivity contribution in [2.75, 3.05) is 0 Å². The standard InChI is InChI=1S/C12H16BrNS/c1-9(14-15-12(2,3)4)10-6-5-7-11(13)8-10/h5-8H,1-4H3/b14-9+. The number of hydrogen-bond donors (Lipinski definition) is 0. The van der Waals surface area contributed by atoms with Gasteiger partial charge >= 0.3 is 0 Å². The third-order valence-electron chi connectivity index (χ3n) is 1.70. The van der Waals surface area contributed by atoms with Crippen LogP contribution in [-0.2, 0) is 0 Å². The zero-order chi connectivity index (χ0) is 11.5. The molecule has 3 heteroatoms. The van der Waals surface area contributed by atoms with Crippen LogP contribution >= 0.6 is 27.9 Å². The van der Waals surface area contributed by atoms with Crippen molar-refractivity contribution in [2.24, 2.45) is 4.40 Å². The van der Waals surface area contributed by atoms with Crippen LogP contribution in [0.1, 0.15) is 33.3 Å². The van der Waals surface area contributed by atoms with Gasteiger partial charge in [0, 0.05) is 9.22 Å². The molecule has 0 aliphatic rings. The summed E-state index contributed by atoms with van der Waals surface area (Å²) in [4.78, 5) is 0. The van der Waals surface area contributed by atoms with E-state index >= 15 is 0 Å². The maximum absolute atomic E-state index is 4.52. The molecule has 0 saturated carbocycles. The van der Waals surface area contributed by atoms with E-state index in [1.165, 1.54) is 5.56 Å². The van der Waals surface area contributed by atoms with E-state index in [1.807, 2.05) is 19.1 Å². The first-order valence-electron chi connectivity index (χ1n) is 4.87. The number of rotatable bonds is 2. The van der Waals surface area contributed by atoms with Gasteiger partial charge in [0.25, 0.3) is 0 Å². The van der Waals surface area contributed by atoms with Gasteiger partial charge in [0.1, 0.15) is 0 Å². The third-order valence-corrected chi connectivity index (χ3v) is 3.10. The van der Waals surface area contributed by atoms with Crippen LogP contribution < -0.4 is 0 Å². The van der Waals surface area contributed by atoms with Crippen LogP contribution in [0.4, 0.5) is 0 Å². The van der Waals surface area contributed by atoms with Crippen molar-refractivity contribution in [1.82, 2.24) is 0 Å². The zero-order valence-corrected chi connectivity index (χ0v) is 11.9. The lowest BCUT2D eigenvalue weighted by Gasteiger charge is -2.13. The van der Waals surface area contributed by atoms with Gasteiger partial charge < -0.3 is 0 Å². The summed E-state index contributed by atoms with van der Waals surface area (Å²) >= 11 is 5.07. The molecular weight excluding hydrogens is 270 g/mol. The second-order valence-electron chi connectivity index (χ2n) is 4.39. The van der Waals surface area contributed by atoms with Crippen LogP contribution in [0, 0.1) is 0 Å². The van der Waals surface area contributed by atoms with E-state index in [9.17, 15) is 0 Å². The fourth-order valence-corrected chi connectivity index (χ4v) is 1.89. The quantitative estimate of drug-likeness (QED) is 0.567. The highest BCUT2D eigenvalue weighted by atomic mass is 79.9. The van der Waals surface area contributed by atoms with Gasteiger partial charge in [-0.05, 0) is 57.3 Å². The number of benzene rings is 1. The van der Waals surface area contributed by atoms with Crippen LogP contribution in [0.25, 0.3) is 0 Å². The molecule has 1 rings (SSSR count). The van der Waals surface area contributed by atoms with Gasteiger partial charge in [-0.1, -0.05) is 28.1 Å². The van der Waals surface area contributed by atoms with Gasteiger partial charge in [-0.3, -0.25) is 0 Å². The van der Waals surface area contributed by atoms with Crippen molar-refractivity contribution in [3.8, 4) is 0 Å². The second-order valence-corrected chi connectivity index (χ2v) is 6.90. The number of halogens is 1. The van der Waals surface area contributed by atoms with Crippen molar-refractivity contribution >= 4 is 33.6 Å². The van der Waals surface area contributed by atoms with Crippen molar-refractivity contribution < 1.29 is 0 Å². The Morgan fingerprint density at radius 3 is 2.53 bits per heavy atom. The van der Waals surface area contributed by atoms with E-state index in [2.05, 4.69) is 53.2 Å². The summed E-state index contributed by atoms with van der Waals surface area (Å²) < 4.78 is 5.79. The Kier molecular flexibility index (Phi) is 4.41. The highest BCUT2D eigenvalue weighted by Crippen LogP contribution is 2.25. The summed E-state index contributed by atoms with van der Waals surface area (Å²) in [5, 5.41) is 0. The van der Waals surface area contributed by atoms with Gasteiger partial charge in [0.2, 0.25) is 0 Å².